The zero-order valence-corrected chi connectivity index (χ0v) is 15.2. The van der Waals surface area contributed by atoms with Crippen LogP contribution in [0, 0.1) is 10.1 Å². The van der Waals surface area contributed by atoms with Gasteiger partial charge in [-0.1, -0.05) is 23.2 Å². The van der Waals surface area contributed by atoms with Gasteiger partial charge in [-0.05, 0) is 24.3 Å². The van der Waals surface area contributed by atoms with E-state index in [4.69, 9.17) is 49.0 Å². The third-order valence-electron chi connectivity index (χ3n) is 2.96. The Morgan fingerprint density at radius 3 is 2.48 bits per heavy atom. The van der Waals surface area contributed by atoms with Gasteiger partial charge in [-0.3, -0.25) is 10.1 Å². The Kier molecular flexibility index (Phi) is 7.58. The fraction of sp³-hybridized carbons (Fsp3) is 0.250. The summed E-state index contributed by atoms with van der Waals surface area (Å²) >= 11 is 17.4. The molecular weight excluding hydrogens is 393 g/mol. The largest absolute Gasteiger partial charge is 0.484 e. The molecule has 0 aliphatic heterocycles. The lowest BCUT2D eigenvalue weighted by atomic mass is 10.2. The molecule has 0 saturated heterocycles. The minimum atomic E-state index is -0.534. The summed E-state index contributed by atoms with van der Waals surface area (Å²) in [6.07, 6.45) is 0. The molecule has 0 saturated carbocycles. The summed E-state index contributed by atoms with van der Waals surface area (Å²) in [7, 11) is 0. The lowest BCUT2D eigenvalue weighted by Crippen LogP contribution is -2.09. The Bertz CT molecular complexity index is 742. The van der Waals surface area contributed by atoms with Gasteiger partial charge >= 0.3 is 5.69 Å². The topological polar surface area (TPSA) is 70.8 Å². The molecule has 0 aromatic heterocycles. The van der Waals surface area contributed by atoms with E-state index < -0.39 is 4.92 Å². The Morgan fingerprint density at radius 1 is 1.00 bits per heavy atom. The maximum Gasteiger partial charge on any atom is 0.311 e. The summed E-state index contributed by atoms with van der Waals surface area (Å²) in [5, 5.41) is 11.9. The molecule has 134 valence electrons. The van der Waals surface area contributed by atoms with Crippen LogP contribution < -0.4 is 9.47 Å². The molecule has 0 atom stereocenters. The highest BCUT2D eigenvalue weighted by atomic mass is 35.5. The van der Waals surface area contributed by atoms with Crippen LogP contribution in [0.5, 0.6) is 17.2 Å². The summed E-state index contributed by atoms with van der Waals surface area (Å²) in [6.45, 7) is 0.784. The monoisotopic (exact) mass is 405 g/mol. The number of benzene rings is 2. The normalized spacial score (nSPS) is 10.5. The number of nitrogens with zero attached hydrogens (tertiary/aromatic N) is 1. The first kappa shape index (κ1) is 19.6. The molecule has 0 fully saturated rings. The van der Waals surface area contributed by atoms with Crippen molar-refractivity contribution < 1.29 is 19.1 Å². The summed E-state index contributed by atoms with van der Waals surface area (Å²) in [5.41, 5.74) is -0.174. The van der Waals surface area contributed by atoms with Crippen LogP contribution in [0.2, 0.25) is 10.0 Å². The average molecular weight is 407 g/mol. The molecule has 6 nitrogen and oxygen atoms in total. The van der Waals surface area contributed by atoms with E-state index >= 15 is 0 Å². The number of hydrogen-bond acceptors (Lipinski definition) is 5. The third kappa shape index (κ3) is 5.93. The Hall–Kier alpha value is -1.73. The van der Waals surface area contributed by atoms with Gasteiger partial charge in [-0.25, -0.2) is 0 Å². The molecule has 2 aromatic carbocycles. The molecule has 0 bridgehead atoms. The maximum atomic E-state index is 11.1. The van der Waals surface area contributed by atoms with Gasteiger partial charge in [0.1, 0.15) is 18.1 Å². The summed E-state index contributed by atoms with van der Waals surface area (Å²) < 4.78 is 16.2. The second-order valence-corrected chi connectivity index (χ2v) is 5.93. The van der Waals surface area contributed by atoms with Crippen molar-refractivity contribution in [2.24, 2.45) is 0 Å². The van der Waals surface area contributed by atoms with Crippen molar-refractivity contribution in [3.63, 3.8) is 0 Å². The SMILES string of the molecule is O=[N+]([O-])c1ccc(Oc2ccc(Cl)cc2Cl)cc1OCCOCCCl. The van der Waals surface area contributed by atoms with E-state index in [1.54, 1.807) is 12.1 Å². The maximum absolute atomic E-state index is 11.1. The summed E-state index contributed by atoms with van der Waals surface area (Å²) in [5.74, 6) is 1.15. The molecule has 0 amide bonds. The van der Waals surface area contributed by atoms with Gasteiger partial charge in [0.15, 0.2) is 0 Å². The van der Waals surface area contributed by atoms with Crippen LogP contribution in [0.4, 0.5) is 5.69 Å². The van der Waals surface area contributed by atoms with E-state index in [0.29, 0.717) is 34.0 Å². The molecule has 2 rings (SSSR count). The fourth-order valence-electron chi connectivity index (χ4n) is 1.88. The van der Waals surface area contributed by atoms with Crippen molar-refractivity contribution in [2.75, 3.05) is 25.7 Å². The first-order valence-electron chi connectivity index (χ1n) is 7.19. The van der Waals surface area contributed by atoms with Gasteiger partial charge in [-0.2, -0.15) is 0 Å². The molecule has 0 N–H and O–H groups in total. The van der Waals surface area contributed by atoms with Crippen LogP contribution in [-0.4, -0.2) is 30.6 Å². The number of alkyl halides is 1. The third-order valence-corrected chi connectivity index (χ3v) is 3.64. The highest BCUT2D eigenvalue weighted by molar-refractivity contribution is 6.35. The lowest BCUT2D eigenvalue weighted by molar-refractivity contribution is -0.385. The Morgan fingerprint density at radius 2 is 1.80 bits per heavy atom. The van der Waals surface area contributed by atoms with Gasteiger partial charge < -0.3 is 14.2 Å². The Balaban J connectivity index is 2.13. The van der Waals surface area contributed by atoms with E-state index in [1.165, 1.54) is 24.3 Å². The van der Waals surface area contributed by atoms with Crippen molar-refractivity contribution in [3.05, 3.63) is 56.6 Å². The van der Waals surface area contributed by atoms with E-state index in [1.807, 2.05) is 0 Å². The highest BCUT2D eigenvalue weighted by Crippen LogP contribution is 2.36. The van der Waals surface area contributed by atoms with Crippen molar-refractivity contribution >= 4 is 40.5 Å². The molecule has 0 spiro atoms. The van der Waals surface area contributed by atoms with Gasteiger partial charge in [0, 0.05) is 23.0 Å². The predicted molar refractivity (Wildman–Crippen MR) is 96.7 cm³/mol. The molecule has 0 unspecified atom stereocenters. The van der Waals surface area contributed by atoms with Crippen molar-refractivity contribution in [1.82, 2.24) is 0 Å². The Labute approximate surface area is 159 Å². The molecule has 0 aliphatic rings. The second-order valence-electron chi connectivity index (χ2n) is 4.71. The van der Waals surface area contributed by atoms with Gasteiger partial charge in [-0.15, -0.1) is 11.6 Å². The minimum absolute atomic E-state index is 0.0714. The molecule has 0 radical (unpaired) electrons. The number of hydrogen-bond donors (Lipinski definition) is 0. The number of halogens is 3. The summed E-state index contributed by atoms with van der Waals surface area (Å²) in [4.78, 5) is 10.6. The standard InChI is InChI=1S/C16H14Cl3NO5/c17-5-6-23-7-8-24-16-10-12(2-3-14(16)20(21)22)25-15-4-1-11(18)9-13(15)19/h1-4,9-10H,5-8H2. The first-order chi connectivity index (χ1) is 12.0. The molecule has 9 heteroatoms. The minimum Gasteiger partial charge on any atom is -0.484 e. The van der Waals surface area contributed by atoms with Crippen LogP contribution in [0.1, 0.15) is 0 Å². The predicted octanol–water partition coefficient (Wildman–Crippen LogP) is 5.33. The van der Waals surface area contributed by atoms with E-state index in [9.17, 15) is 10.1 Å². The van der Waals surface area contributed by atoms with Crippen molar-refractivity contribution in [1.29, 1.82) is 0 Å². The summed E-state index contributed by atoms with van der Waals surface area (Å²) in [6, 6.07) is 8.94. The van der Waals surface area contributed by atoms with E-state index in [2.05, 4.69) is 0 Å². The zero-order chi connectivity index (χ0) is 18.2. The zero-order valence-electron chi connectivity index (χ0n) is 12.9. The number of nitro benzene ring substituents is 1. The fourth-order valence-corrected chi connectivity index (χ4v) is 2.43. The second kappa shape index (κ2) is 9.68. The van der Waals surface area contributed by atoms with Crippen LogP contribution in [0.25, 0.3) is 0 Å². The van der Waals surface area contributed by atoms with Gasteiger partial charge in [0.25, 0.3) is 0 Å². The molecule has 2 aromatic rings. The van der Waals surface area contributed by atoms with Crippen LogP contribution >= 0.6 is 34.8 Å². The van der Waals surface area contributed by atoms with Gasteiger partial charge in [0.05, 0.1) is 23.2 Å². The molecule has 25 heavy (non-hydrogen) atoms. The van der Waals surface area contributed by atoms with Gasteiger partial charge in [0.2, 0.25) is 5.75 Å². The molecular formula is C16H14Cl3NO5. The molecule has 0 aliphatic carbocycles. The number of rotatable bonds is 9. The van der Waals surface area contributed by atoms with E-state index in [0.717, 1.165) is 0 Å². The van der Waals surface area contributed by atoms with Crippen molar-refractivity contribution in [2.45, 2.75) is 0 Å². The van der Waals surface area contributed by atoms with E-state index in [-0.39, 0.29) is 24.7 Å². The quantitative estimate of drug-likeness (QED) is 0.244. The number of ether oxygens (including phenoxy) is 3. The van der Waals surface area contributed by atoms with Crippen LogP contribution in [-0.2, 0) is 4.74 Å². The van der Waals surface area contributed by atoms with Crippen LogP contribution in [0.15, 0.2) is 36.4 Å². The highest BCUT2D eigenvalue weighted by Gasteiger charge is 2.17. The lowest BCUT2D eigenvalue weighted by Gasteiger charge is -2.11. The van der Waals surface area contributed by atoms with Crippen LogP contribution in [0.3, 0.4) is 0 Å². The smallest absolute Gasteiger partial charge is 0.311 e. The first-order valence-corrected chi connectivity index (χ1v) is 8.48. The number of nitro groups is 1. The average Bonchev–Trinajstić information content (AvgIpc) is 2.57. The molecule has 0 heterocycles. The van der Waals surface area contributed by atoms with Crippen molar-refractivity contribution in [3.8, 4) is 17.2 Å².